The second kappa shape index (κ2) is 11.1. The summed E-state index contributed by atoms with van der Waals surface area (Å²) in [6.45, 7) is 8.56. The summed E-state index contributed by atoms with van der Waals surface area (Å²) in [5.74, 6) is -0.202. The van der Waals surface area contributed by atoms with Gasteiger partial charge in [0.05, 0.1) is 13.2 Å². The Bertz CT molecular complexity index is 269. The van der Waals surface area contributed by atoms with E-state index in [-0.39, 0.29) is 37.1 Å². The predicted molar refractivity (Wildman–Crippen MR) is 76.1 cm³/mol. The number of carbonyl (C=O) groups is 2. The number of ether oxygens (including phenoxy) is 2. The summed E-state index contributed by atoms with van der Waals surface area (Å²) in [5.41, 5.74) is 5.63. The molecule has 0 amide bonds. The highest BCUT2D eigenvalue weighted by molar-refractivity contribution is 5.85. The molecule has 2 N–H and O–H groups in total. The smallest absolute Gasteiger partial charge is 0.322 e. The van der Waals surface area contributed by atoms with E-state index in [9.17, 15) is 9.59 Å². The molecular weight excluding hydrogens is 270 g/mol. The molecule has 0 radical (unpaired) electrons. The zero-order valence-electron chi connectivity index (χ0n) is 12.2. The average molecular weight is 296 g/mol. The van der Waals surface area contributed by atoms with Crippen LogP contribution in [0.5, 0.6) is 0 Å². The van der Waals surface area contributed by atoms with Gasteiger partial charge >= 0.3 is 11.9 Å². The number of carbonyl (C=O) groups excluding carboxylic acids is 2. The molecule has 114 valence electrons. The summed E-state index contributed by atoms with van der Waals surface area (Å²) in [4.78, 5) is 22.7. The van der Waals surface area contributed by atoms with E-state index in [0.29, 0.717) is 19.1 Å². The zero-order chi connectivity index (χ0) is 14.1. The van der Waals surface area contributed by atoms with Gasteiger partial charge < -0.3 is 15.2 Å². The molecule has 0 fully saturated rings. The van der Waals surface area contributed by atoms with Crippen LogP contribution in [0.25, 0.3) is 0 Å². The highest BCUT2D eigenvalue weighted by atomic mass is 35.5. The number of rotatable bonds is 8. The maximum absolute atomic E-state index is 11.4. The van der Waals surface area contributed by atoms with Crippen LogP contribution in [-0.4, -0.2) is 31.2 Å². The Kier molecular flexibility index (Phi) is 11.9. The molecule has 1 atom stereocenters. The number of esters is 2. The lowest BCUT2D eigenvalue weighted by Crippen LogP contribution is -2.33. The van der Waals surface area contributed by atoms with Crippen molar-refractivity contribution in [2.45, 2.75) is 46.6 Å². The fourth-order valence-corrected chi connectivity index (χ4v) is 1.08. The van der Waals surface area contributed by atoms with E-state index < -0.39 is 12.0 Å². The molecule has 0 spiro atoms. The van der Waals surface area contributed by atoms with Gasteiger partial charge in [-0.1, -0.05) is 27.7 Å². The van der Waals surface area contributed by atoms with Crippen LogP contribution in [0, 0.1) is 11.8 Å². The summed E-state index contributed by atoms with van der Waals surface area (Å²) in [5, 5.41) is 0. The SMILES string of the molecule is CC(C)COC(=O)CCC(N)C(=O)OCC(C)C.Cl. The lowest BCUT2D eigenvalue weighted by molar-refractivity contribution is -0.147. The van der Waals surface area contributed by atoms with E-state index in [1.807, 2.05) is 27.7 Å². The van der Waals surface area contributed by atoms with Crippen molar-refractivity contribution < 1.29 is 19.1 Å². The number of halogens is 1. The Hall–Kier alpha value is -0.810. The first-order valence-corrected chi connectivity index (χ1v) is 6.40. The molecule has 0 bridgehead atoms. The Morgan fingerprint density at radius 3 is 1.95 bits per heavy atom. The van der Waals surface area contributed by atoms with Crippen LogP contribution in [0.1, 0.15) is 40.5 Å². The molecule has 0 aliphatic carbocycles. The minimum absolute atomic E-state index is 0. The molecule has 0 aromatic heterocycles. The third-order valence-electron chi connectivity index (χ3n) is 2.10. The van der Waals surface area contributed by atoms with E-state index in [0.717, 1.165) is 0 Å². The van der Waals surface area contributed by atoms with Gasteiger partial charge in [-0.2, -0.15) is 0 Å². The zero-order valence-corrected chi connectivity index (χ0v) is 13.0. The molecule has 0 rings (SSSR count). The van der Waals surface area contributed by atoms with Gasteiger partial charge in [-0.3, -0.25) is 9.59 Å². The van der Waals surface area contributed by atoms with E-state index in [1.165, 1.54) is 0 Å². The van der Waals surface area contributed by atoms with Crippen molar-refractivity contribution in [2.75, 3.05) is 13.2 Å². The topological polar surface area (TPSA) is 78.6 Å². The highest BCUT2D eigenvalue weighted by Gasteiger charge is 2.17. The van der Waals surface area contributed by atoms with Crippen molar-refractivity contribution >= 4 is 24.3 Å². The third kappa shape index (κ3) is 12.0. The Morgan fingerprint density at radius 2 is 1.47 bits per heavy atom. The summed E-state index contributed by atoms with van der Waals surface area (Å²) in [7, 11) is 0. The van der Waals surface area contributed by atoms with Crippen LogP contribution >= 0.6 is 12.4 Å². The predicted octanol–water partition coefficient (Wildman–Crippen LogP) is 1.91. The van der Waals surface area contributed by atoms with Crippen molar-refractivity contribution in [3.63, 3.8) is 0 Å². The maximum Gasteiger partial charge on any atom is 0.322 e. The van der Waals surface area contributed by atoms with E-state index in [2.05, 4.69) is 0 Å². The van der Waals surface area contributed by atoms with Gasteiger partial charge in [0, 0.05) is 6.42 Å². The molecule has 19 heavy (non-hydrogen) atoms. The van der Waals surface area contributed by atoms with Crippen LogP contribution in [0.3, 0.4) is 0 Å². The second-order valence-electron chi connectivity index (χ2n) is 5.25. The van der Waals surface area contributed by atoms with Gasteiger partial charge in [0.1, 0.15) is 6.04 Å². The monoisotopic (exact) mass is 295 g/mol. The van der Waals surface area contributed by atoms with Gasteiger partial charge in [0.2, 0.25) is 0 Å². The number of hydrogen-bond acceptors (Lipinski definition) is 5. The second-order valence-corrected chi connectivity index (χ2v) is 5.25. The largest absolute Gasteiger partial charge is 0.465 e. The van der Waals surface area contributed by atoms with Crippen LogP contribution in [-0.2, 0) is 19.1 Å². The van der Waals surface area contributed by atoms with Gasteiger partial charge in [0.25, 0.3) is 0 Å². The highest BCUT2D eigenvalue weighted by Crippen LogP contribution is 2.02. The van der Waals surface area contributed by atoms with Crippen molar-refractivity contribution in [3.05, 3.63) is 0 Å². The lowest BCUT2D eigenvalue weighted by Gasteiger charge is -2.13. The molecule has 0 aromatic carbocycles. The molecule has 1 unspecified atom stereocenters. The van der Waals surface area contributed by atoms with Gasteiger partial charge in [-0.15, -0.1) is 12.4 Å². The Labute approximate surface area is 121 Å². The molecule has 5 nitrogen and oxygen atoms in total. The Balaban J connectivity index is 0. The van der Waals surface area contributed by atoms with Crippen molar-refractivity contribution in [1.82, 2.24) is 0 Å². The first kappa shape index (κ1) is 20.5. The van der Waals surface area contributed by atoms with Crippen LogP contribution in [0.15, 0.2) is 0 Å². The number of nitrogens with two attached hydrogens (primary N) is 1. The standard InChI is InChI=1S/C13H25NO4.ClH/c1-9(2)7-17-12(15)6-5-11(14)13(16)18-8-10(3)4;/h9-11H,5-8,14H2,1-4H3;1H. The summed E-state index contributed by atoms with van der Waals surface area (Å²) in [6, 6.07) is -0.754. The molecule has 0 aliphatic rings. The van der Waals surface area contributed by atoms with Crippen molar-refractivity contribution in [3.8, 4) is 0 Å². The van der Waals surface area contributed by atoms with Gasteiger partial charge in [0.15, 0.2) is 0 Å². The third-order valence-corrected chi connectivity index (χ3v) is 2.10. The molecule has 0 heterocycles. The van der Waals surface area contributed by atoms with Gasteiger partial charge in [-0.05, 0) is 18.3 Å². The van der Waals surface area contributed by atoms with E-state index in [4.69, 9.17) is 15.2 Å². The Morgan fingerprint density at radius 1 is 1.00 bits per heavy atom. The number of hydrogen-bond donors (Lipinski definition) is 1. The molecule has 0 saturated heterocycles. The molecule has 0 aromatic rings. The molecular formula is C13H26ClNO4. The molecule has 0 aliphatic heterocycles. The summed E-state index contributed by atoms with van der Waals surface area (Å²) < 4.78 is 9.96. The minimum Gasteiger partial charge on any atom is -0.465 e. The quantitative estimate of drug-likeness (QED) is 0.692. The van der Waals surface area contributed by atoms with E-state index >= 15 is 0 Å². The van der Waals surface area contributed by atoms with Crippen LogP contribution in [0.2, 0.25) is 0 Å². The maximum atomic E-state index is 11.4. The van der Waals surface area contributed by atoms with Crippen LogP contribution in [0.4, 0.5) is 0 Å². The average Bonchev–Trinajstić information content (AvgIpc) is 2.30. The first-order chi connectivity index (χ1) is 8.32. The summed E-state index contributed by atoms with van der Waals surface area (Å²) >= 11 is 0. The van der Waals surface area contributed by atoms with Gasteiger partial charge in [-0.25, -0.2) is 0 Å². The van der Waals surface area contributed by atoms with E-state index in [1.54, 1.807) is 0 Å². The van der Waals surface area contributed by atoms with Crippen LogP contribution < -0.4 is 5.73 Å². The fraction of sp³-hybridized carbons (Fsp3) is 0.846. The molecule has 0 saturated carbocycles. The van der Waals surface area contributed by atoms with Crippen molar-refractivity contribution in [2.24, 2.45) is 17.6 Å². The normalized spacial score (nSPS) is 11.9. The molecule has 6 heteroatoms. The summed E-state index contributed by atoms with van der Waals surface area (Å²) in [6.07, 6.45) is 0.401. The first-order valence-electron chi connectivity index (χ1n) is 6.40. The van der Waals surface area contributed by atoms with Crippen molar-refractivity contribution in [1.29, 1.82) is 0 Å². The fourth-order valence-electron chi connectivity index (χ4n) is 1.08. The lowest BCUT2D eigenvalue weighted by atomic mass is 10.1. The minimum atomic E-state index is -0.754.